The molecule has 0 radical (unpaired) electrons. The number of unbranched alkanes of at least 4 members (excludes halogenated alkanes) is 1. The van der Waals surface area contributed by atoms with Crippen LogP contribution in [0.1, 0.15) is 31.4 Å². The number of esters is 1. The van der Waals surface area contributed by atoms with Crippen LogP contribution in [-0.2, 0) is 9.53 Å². The van der Waals surface area contributed by atoms with Crippen molar-refractivity contribution in [3.05, 3.63) is 29.8 Å². The maximum Gasteiger partial charge on any atom is 0.339 e. The molecule has 19 heavy (non-hydrogen) atoms. The summed E-state index contributed by atoms with van der Waals surface area (Å²) in [6.45, 7) is 2.57. The van der Waals surface area contributed by atoms with Crippen LogP contribution in [0.2, 0.25) is 0 Å². The van der Waals surface area contributed by atoms with Crippen LogP contribution < -0.4 is 4.74 Å². The quantitative estimate of drug-likeness (QED) is 0.452. The molecule has 0 fully saturated rings. The van der Waals surface area contributed by atoms with Crippen LogP contribution in [0.4, 0.5) is 0 Å². The molecule has 0 aliphatic carbocycles. The van der Waals surface area contributed by atoms with E-state index in [-0.39, 0.29) is 6.61 Å². The van der Waals surface area contributed by atoms with Crippen LogP contribution in [0.3, 0.4) is 0 Å². The molecule has 0 bridgehead atoms. The minimum atomic E-state index is -1.26. The standard InChI is InChI=1S/C14H19BrO4/c1-2-18-14(17)13(16)11-6-5-7-12(10-11)19-9-4-3-8-15/h5-7,10,13,16H,2-4,8-9H2,1H3/t13-/m1/s1. The summed E-state index contributed by atoms with van der Waals surface area (Å²) in [5.74, 6) is 0.00867. The fraction of sp³-hybridized carbons (Fsp3) is 0.500. The van der Waals surface area contributed by atoms with Crippen LogP contribution in [0.25, 0.3) is 0 Å². The van der Waals surface area contributed by atoms with Gasteiger partial charge in [-0.05, 0) is 37.5 Å². The van der Waals surface area contributed by atoms with Crippen molar-refractivity contribution in [1.29, 1.82) is 0 Å². The first-order valence-corrected chi connectivity index (χ1v) is 7.44. The minimum Gasteiger partial charge on any atom is -0.494 e. The topological polar surface area (TPSA) is 55.8 Å². The summed E-state index contributed by atoms with van der Waals surface area (Å²) in [7, 11) is 0. The Morgan fingerprint density at radius 3 is 2.89 bits per heavy atom. The minimum absolute atomic E-state index is 0.249. The Bertz CT molecular complexity index is 395. The molecule has 0 spiro atoms. The van der Waals surface area contributed by atoms with Crippen LogP contribution in [0, 0.1) is 0 Å². The van der Waals surface area contributed by atoms with Gasteiger partial charge in [-0.2, -0.15) is 0 Å². The molecule has 106 valence electrons. The number of carbonyl (C=O) groups is 1. The van der Waals surface area contributed by atoms with Crippen molar-refractivity contribution in [1.82, 2.24) is 0 Å². The number of benzene rings is 1. The molecule has 0 saturated heterocycles. The molecule has 0 aliphatic rings. The number of rotatable bonds is 8. The second-order valence-electron chi connectivity index (χ2n) is 3.97. The summed E-state index contributed by atoms with van der Waals surface area (Å²) in [6.07, 6.45) is 0.743. The van der Waals surface area contributed by atoms with Crippen molar-refractivity contribution in [3.8, 4) is 5.75 Å². The number of ether oxygens (including phenoxy) is 2. The molecule has 4 nitrogen and oxygen atoms in total. The molecule has 0 saturated carbocycles. The lowest BCUT2D eigenvalue weighted by atomic mass is 10.1. The Balaban J connectivity index is 2.58. The Morgan fingerprint density at radius 2 is 2.21 bits per heavy atom. The monoisotopic (exact) mass is 330 g/mol. The fourth-order valence-corrected chi connectivity index (χ4v) is 1.91. The third-order valence-corrected chi connectivity index (χ3v) is 3.04. The van der Waals surface area contributed by atoms with E-state index >= 15 is 0 Å². The highest BCUT2D eigenvalue weighted by molar-refractivity contribution is 9.09. The molecule has 5 heteroatoms. The predicted octanol–water partition coefficient (Wildman–Crippen LogP) is 2.84. The van der Waals surface area contributed by atoms with Crippen molar-refractivity contribution in [3.63, 3.8) is 0 Å². The Hall–Kier alpha value is -1.07. The molecular formula is C14H19BrO4. The van der Waals surface area contributed by atoms with Gasteiger partial charge in [0.15, 0.2) is 6.10 Å². The molecule has 0 heterocycles. The van der Waals surface area contributed by atoms with Gasteiger partial charge < -0.3 is 14.6 Å². The number of hydrogen-bond acceptors (Lipinski definition) is 4. The third-order valence-electron chi connectivity index (χ3n) is 2.48. The fourth-order valence-electron chi connectivity index (χ4n) is 1.52. The van der Waals surface area contributed by atoms with E-state index in [4.69, 9.17) is 9.47 Å². The third kappa shape index (κ3) is 5.61. The zero-order chi connectivity index (χ0) is 14.1. The van der Waals surface area contributed by atoms with Crippen molar-refractivity contribution in [2.75, 3.05) is 18.5 Å². The maximum atomic E-state index is 11.4. The van der Waals surface area contributed by atoms with E-state index in [1.807, 2.05) is 0 Å². The molecule has 1 aromatic carbocycles. The molecule has 1 N–H and O–H groups in total. The van der Waals surface area contributed by atoms with Crippen LogP contribution in [-0.4, -0.2) is 29.6 Å². The van der Waals surface area contributed by atoms with Gasteiger partial charge in [0.2, 0.25) is 0 Å². The molecule has 1 atom stereocenters. The highest BCUT2D eigenvalue weighted by Crippen LogP contribution is 2.20. The van der Waals surface area contributed by atoms with E-state index in [0.717, 1.165) is 18.2 Å². The Kier molecular flexibility index (Phi) is 7.52. The highest BCUT2D eigenvalue weighted by atomic mass is 79.9. The van der Waals surface area contributed by atoms with Gasteiger partial charge in [0.1, 0.15) is 5.75 Å². The first kappa shape index (κ1) is 16.0. The van der Waals surface area contributed by atoms with E-state index in [1.165, 1.54) is 0 Å². The molecular weight excluding hydrogens is 312 g/mol. The van der Waals surface area contributed by atoms with Gasteiger partial charge in [-0.3, -0.25) is 0 Å². The van der Waals surface area contributed by atoms with Gasteiger partial charge in [-0.1, -0.05) is 28.1 Å². The molecule has 0 amide bonds. The lowest BCUT2D eigenvalue weighted by Gasteiger charge is -2.12. The highest BCUT2D eigenvalue weighted by Gasteiger charge is 2.18. The van der Waals surface area contributed by atoms with E-state index in [2.05, 4.69) is 15.9 Å². The number of aliphatic hydroxyl groups excluding tert-OH is 1. The average molecular weight is 331 g/mol. The number of hydrogen-bond donors (Lipinski definition) is 1. The average Bonchev–Trinajstić information content (AvgIpc) is 2.43. The van der Waals surface area contributed by atoms with Crippen molar-refractivity contribution < 1.29 is 19.4 Å². The molecule has 0 aliphatic heterocycles. The number of carbonyl (C=O) groups excluding carboxylic acids is 1. The lowest BCUT2D eigenvalue weighted by molar-refractivity contribution is -0.153. The summed E-state index contributed by atoms with van der Waals surface area (Å²) in [6, 6.07) is 6.88. The van der Waals surface area contributed by atoms with Crippen molar-refractivity contribution in [2.24, 2.45) is 0 Å². The summed E-state index contributed by atoms with van der Waals surface area (Å²) in [5, 5.41) is 10.8. The number of aliphatic hydroxyl groups is 1. The van der Waals surface area contributed by atoms with Gasteiger partial charge >= 0.3 is 5.97 Å². The predicted molar refractivity (Wildman–Crippen MR) is 76.6 cm³/mol. The zero-order valence-electron chi connectivity index (χ0n) is 11.0. The van der Waals surface area contributed by atoms with Crippen LogP contribution in [0.5, 0.6) is 5.75 Å². The summed E-state index contributed by atoms with van der Waals surface area (Å²) in [5.41, 5.74) is 0.483. The zero-order valence-corrected chi connectivity index (χ0v) is 12.6. The van der Waals surface area contributed by atoms with E-state index in [9.17, 15) is 9.90 Å². The van der Waals surface area contributed by atoms with Gasteiger partial charge in [0.05, 0.1) is 13.2 Å². The lowest BCUT2D eigenvalue weighted by Crippen LogP contribution is -2.15. The summed E-state index contributed by atoms with van der Waals surface area (Å²) >= 11 is 3.36. The van der Waals surface area contributed by atoms with Gasteiger partial charge in [-0.25, -0.2) is 4.79 Å². The number of halogens is 1. The second-order valence-corrected chi connectivity index (χ2v) is 4.76. The normalized spacial score (nSPS) is 11.9. The molecule has 1 aromatic rings. The largest absolute Gasteiger partial charge is 0.494 e. The van der Waals surface area contributed by atoms with Crippen molar-refractivity contribution in [2.45, 2.75) is 25.9 Å². The van der Waals surface area contributed by atoms with E-state index < -0.39 is 12.1 Å². The maximum absolute atomic E-state index is 11.4. The van der Waals surface area contributed by atoms with Gasteiger partial charge in [-0.15, -0.1) is 0 Å². The van der Waals surface area contributed by atoms with Crippen LogP contribution >= 0.6 is 15.9 Å². The Morgan fingerprint density at radius 1 is 1.42 bits per heavy atom. The summed E-state index contributed by atoms with van der Waals surface area (Å²) in [4.78, 5) is 11.4. The smallest absolute Gasteiger partial charge is 0.339 e. The van der Waals surface area contributed by atoms with E-state index in [0.29, 0.717) is 17.9 Å². The first-order valence-electron chi connectivity index (χ1n) is 6.32. The van der Waals surface area contributed by atoms with Gasteiger partial charge in [0.25, 0.3) is 0 Å². The number of alkyl halides is 1. The molecule has 0 unspecified atom stereocenters. The second kappa shape index (κ2) is 8.93. The van der Waals surface area contributed by atoms with E-state index in [1.54, 1.807) is 31.2 Å². The molecule has 0 aromatic heterocycles. The SMILES string of the molecule is CCOC(=O)[C@H](O)c1cccc(OCCCCBr)c1. The Labute approximate surface area is 121 Å². The van der Waals surface area contributed by atoms with Gasteiger partial charge in [0, 0.05) is 5.33 Å². The van der Waals surface area contributed by atoms with Crippen molar-refractivity contribution >= 4 is 21.9 Å². The summed E-state index contributed by atoms with van der Waals surface area (Å²) < 4.78 is 10.3. The molecule has 1 rings (SSSR count). The first-order chi connectivity index (χ1) is 9.19. The van der Waals surface area contributed by atoms with Crippen LogP contribution in [0.15, 0.2) is 24.3 Å².